The van der Waals surface area contributed by atoms with Gasteiger partial charge in [-0.25, -0.2) is 0 Å². The van der Waals surface area contributed by atoms with Crippen LogP contribution in [0.25, 0.3) is 0 Å². The molecule has 1 aliphatic heterocycles. The van der Waals surface area contributed by atoms with Gasteiger partial charge in [-0.1, -0.05) is 6.07 Å². The van der Waals surface area contributed by atoms with Crippen molar-refractivity contribution < 1.29 is 4.74 Å². The summed E-state index contributed by atoms with van der Waals surface area (Å²) in [6.07, 6.45) is 2.23. The van der Waals surface area contributed by atoms with Crippen LogP contribution >= 0.6 is 0 Å². The van der Waals surface area contributed by atoms with E-state index in [0.29, 0.717) is 6.04 Å². The van der Waals surface area contributed by atoms with E-state index in [1.807, 2.05) is 0 Å². The second-order valence-corrected chi connectivity index (χ2v) is 5.35. The van der Waals surface area contributed by atoms with Crippen molar-refractivity contribution in [3.05, 3.63) is 29.3 Å². The molecule has 0 saturated carbocycles. The molecular formula is C15H24N2O. The van der Waals surface area contributed by atoms with E-state index >= 15 is 0 Å². The predicted octanol–water partition coefficient (Wildman–Crippen LogP) is 2.11. The Kier molecular flexibility index (Phi) is 4.61. The van der Waals surface area contributed by atoms with E-state index < -0.39 is 0 Å². The van der Waals surface area contributed by atoms with Gasteiger partial charge in [0.2, 0.25) is 0 Å². The molecule has 1 fully saturated rings. The second kappa shape index (κ2) is 6.21. The maximum Gasteiger partial charge on any atom is 0.119 e. The van der Waals surface area contributed by atoms with Gasteiger partial charge in [-0.2, -0.15) is 0 Å². The molecule has 0 atom stereocenters. The molecule has 3 heteroatoms. The van der Waals surface area contributed by atoms with Crippen molar-refractivity contribution in [1.82, 2.24) is 4.90 Å². The van der Waals surface area contributed by atoms with Gasteiger partial charge < -0.3 is 10.5 Å². The molecule has 0 aliphatic carbocycles. The first-order chi connectivity index (χ1) is 8.63. The zero-order valence-electron chi connectivity index (χ0n) is 11.5. The van der Waals surface area contributed by atoms with Gasteiger partial charge in [0.1, 0.15) is 12.4 Å². The summed E-state index contributed by atoms with van der Waals surface area (Å²) < 4.78 is 5.82. The van der Waals surface area contributed by atoms with Gasteiger partial charge in [-0.15, -0.1) is 0 Å². The summed E-state index contributed by atoms with van der Waals surface area (Å²) in [7, 11) is 0. The van der Waals surface area contributed by atoms with Crippen molar-refractivity contribution in [2.24, 2.45) is 5.73 Å². The van der Waals surface area contributed by atoms with Crippen molar-refractivity contribution >= 4 is 0 Å². The Morgan fingerprint density at radius 2 is 1.78 bits per heavy atom. The van der Waals surface area contributed by atoms with Crippen molar-refractivity contribution in [2.45, 2.75) is 32.7 Å². The van der Waals surface area contributed by atoms with Crippen molar-refractivity contribution in [3.8, 4) is 5.75 Å². The normalized spacial score (nSPS) is 17.9. The van der Waals surface area contributed by atoms with Crippen LogP contribution in [-0.2, 0) is 0 Å². The zero-order valence-corrected chi connectivity index (χ0v) is 11.5. The molecule has 1 aromatic carbocycles. The number of aryl methyl sites for hydroxylation is 2. The van der Waals surface area contributed by atoms with Crippen LogP contribution in [0.4, 0.5) is 0 Å². The molecular weight excluding hydrogens is 224 g/mol. The van der Waals surface area contributed by atoms with E-state index in [1.54, 1.807) is 0 Å². The minimum atomic E-state index is 0.404. The largest absolute Gasteiger partial charge is 0.492 e. The van der Waals surface area contributed by atoms with Crippen LogP contribution in [0.3, 0.4) is 0 Å². The van der Waals surface area contributed by atoms with Gasteiger partial charge in [-0.3, -0.25) is 4.90 Å². The monoisotopic (exact) mass is 248 g/mol. The molecule has 3 nitrogen and oxygen atoms in total. The molecule has 0 unspecified atom stereocenters. The molecule has 2 rings (SSSR count). The molecule has 0 radical (unpaired) electrons. The fourth-order valence-corrected chi connectivity index (χ4v) is 2.49. The van der Waals surface area contributed by atoms with Crippen molar-refractivity contribution in [2.75, 3.05) is 26.2 Å². The van der Waals surface area contributed by atoms with E-state index in [9.17, 15) is 0 Å². The molecule has 0 amide bonds. The lowest BCUT2D eigenvalue weighted by atomic mass is 10.1. The predicted molar refractivity (Wildman–Crippen MR) is 75.1 cm³/mol. The second-order valence-electron chi connectivity index (χ2n) is 5.35. The number of hydrogen-bond donors (Lipinski definition) is 1. The third-order valence-electron chi connectivity index (χ3n) is 3.50. The van der Waals surface area contributed by atoms with Gasteiger partial charge in [0.25, 0.3) is 0 Å². The highest BCUT2D eigenvalue weighted by atomic mass is 16.5. The Morgan fingerprint density at radius 1 is 1.17 bits per heavy atom. The molecule has 1 saturated heterocycles. The summed E-state index contributed by atoms with van der Waals surface area (Å²) in [5.41, 5.74) is 8.41. The number of nitrogens with zero attached hydrogens (tertiary/aromatic N) is 1. The highest BCUT2D eigenvalue weighted by Crippen LogP contribution is 2.16. The molecule has 1 aromatic rings. The summed E-state index contributed by atoms with van der Waals surface area (Å²) in [6, 6.07) is 6.76. The van der Waals surface area contributed by atoms with E-state index in [4.69, 9.17) is 10.5 Å². The minimum Gasteiger partial charge on any atom is -0.492 e. The smallest absolute Gasteiger partial charge is 0.119 e. The van der Waals surface area contributed by atoms with Crippen LogP contribution in [0.5, 0.6) is 5.75 Å². The number of likely N-dealkylation sites (tertiary alicyclic amines) is 1. The minimum absolute atomic E-state index is 0.404. The Morgan fingerprint density at radius 3 is 2.39 bits per heavy atom. The average molecular weight is 248 g/mol. The first-order valence-corrected chi connectivity index (χ1v) is 6.82. The molecule has 0 bridgehead atoms. The Hall–Kier alpha value is -1.06. The van der Waals surface area contributed by atoms with Gasteiger partial charge in [0, 0.05) is 12.6 Å². The average Bonchev–Trinajstić information content (AvgIpc) is 2.30. The Balaban J connectivity index is 1.74. The van der Waals surface area contributed by atoms with Crippen LogP contribution in [0.1, 0.15) is 24.0 Å². The van der Waals surface area contributed by atoms with E-state index in [-0.39, 0.29) is 0 Å². The fourth-order valence-electron chi connectivity index (χ4n) is 2.49. The lowest BCUT2D eigenvalue weighted by molar-refractivity contribution is 0.174. The van der Waals surface area contributed by atoms with E-state index in [1.165, 1.54) is 11.1 Å². The summed E-state index contributed by atoms with van der Waals surface area (Å²) in [6.45, 7) is 8.18. The standard InChI is InChI=1S/C15H24N2O/c1-12-9-13(2)11-15(10-12)18-8-7-17-5-3-14(16)4-6-17/h9-11,14H,3-8,16H2,1-2H3. The van der Waals surface area contributed by atoms with Crippen LogP contribution in [0.2, 0.25) is 0 Å². The van der Waals surface area contributed by atoms with Crippen molar-refractivity contribution in [3.63, 3.8) is 0 Å². The number of hydrogen-bond acceptors (Lipinski definition) is 3. The summed E-state index contributed by atoms with van der Waals surface area (Å²) in [5.74, 6) is 0.987. The topological polar surface area (TPSA) is 38.5 Å². The fraction of sp³-hybridized carbons (Fsp3) is 0.600. The lowest BCUT2D eigenvalue weighted by Gasteiger charge is -2.29. The molecule has 18 heavy (non-hydrogen) atoms. The van der Waals surface area contributed by atoms with Gasteiger partial charge in [-0.05, 0) is 63.0 Å². The SMILES string of the molecule is Cc1cc(C)cc(OCCN2CCC(N)CC2)c1. The molecule has 100 valence electrons. The quantitative estimate of drug-likeness (QED) is 0.887. The lowest BCUT2D eigenvalue weighted by Crippen LogP contribution is -2.41. The number of benzene rings is 1. The van der Waals surface area contributed by atoms with Crippen molar-refractivity contribution in [1.29, 1.82) is 0 Å². The third-order valence-corrected chi connectivity index (χ3v) is 3.50. The van der Waals surface area contributed by atoms with E-state index in [0.717, 1.165) is 44.8 Å². The highest BCUT2D eigenvalue weighted by Gasteiger charge is 2.15. The highest BCUT2D eigenvalue weighted by molar-refractivity contribution is 5.32. The maximum absolute atomic E-state index is 5.89. The van der Waals surface area contributed by atoms with Crippen LogP contribution in [0.15, 0.2) is 18.2 Å². The number of piperidine rings is 1. The third kappa shape index (κ3) is 4.00. The Labute approximate surface area is 110 Å². The molecule has 1 aliphatic rings. The molecule has 1 heterocycles. The van der Waals surface area contributed by atoms with Gasteiger partial charge in [0.05, 0.1) is 0 Å². The zero-order chi connectivity index (χ0) is 13.0. The maximum atomic E-state index is 5.89. The van der Waals surface area contributed by atoms with Gasteiger partial charge in [0.15, 0.2) is 0 Å². The molecule has 0 aromatic heterocycles. The summed E-state index contributed by atoms with van der Waals surface area (Å²) in [5, 5.41) is 0. The Bertz CT molecular complexity index is 364. The van der Waals surface area contributed by atoms with Crippen LogP contribution in [-0.4, -0.2) is 37.2 Å². The number of rotatable bonds is 4. The molecule has 0 spiro atoms. The number of ether oxygens (including phenoxy) is 1. The number of nitrogens with two attached hydrogens (primary N) is 1. The van der Waals surface area contributed by atoms with Crippen LogP contribution < -0.4 is 10.5 Å². The first kappa shape index (κ1) is 13.4. The van der Waals surface area contributed by atoms with Gasteiger partial charge >= 0.3 is 0 Å². The summed E-state index contributed by atoms with van der Waals surface area (Å²) in [4.78, 5) is 2.44. The molecule has 2 N–H and O–H groups in total. The van der Waals surface area contributed by atoms with E-state index in [2.05, 4.69) is 36.9 Å². The first-order valence-electron chi connectivity index (χ1n) is 6.82. The van der Waals surface area contributed by atoms with Crippen LogP contribution in [0, 0.1) is 13.8 Å². The summed E-state index contributed by atoms with van der Waals surface area (Å²) >= 11 is 0.